The summed E-state index contributed by atoms with van der Waals surface area (Å²) in [6.07, 6.45) is 0. The molecule has 0 bridgehead atoms. The van der Waals surface area contributed by atoms with Crippen molar-refractivity contribution in [2.45, 2.75) is 6.04 Å². The molecular weight excluding hydrogens is 416 g/mol. The average molecular weight is 431 g/mol. The quantitative estimate of drug-likeness (QED) is 0.508. The van der Waals surface area contributed by atoms with Crippen molar-refractivity contribution in [3.05, 3.63) is 81.0 Å². The summed E-state index contributed by atoms with van der Waals surface area (Å²) in [6, 6.07) is 11.8. The van der Waals surface area contributed by atoms with Gasteiger partial charge >= 0.3 is 6.03 Å². The number of carbonyl (C=O) groups excluding carboxylic acids is 2. The van der Waals surface area contributed by atoms with E-state index in [0.29, 0.717) is 0 Å². The molecule has 8 nitrogen and oxygen atoms in total. The first-order valence-electron chi connectivity index (χ1n) is 7.92. The van der Waals surface area contributed by atoms with Crippen molar-refractivity contribution in [2.24, 2.45) is 5.92 Å². The molecule has 1 saturated heterocycles. The normalized spacial score (nSPS) is 19.0. The number of urea groups is 1. The van der Waals surface area contributed by atoms with Crippen LogP contribution in [0.15, 0.2) is 65.3 Å². The van der Waals surface area contributed by atoms with Crippen molar-refractivity contribution in [1.82, 2.24) is 10.6 Å². The van der Waals surface area contributed by atoms with Gasteiger partial charge in [0.15, 0.2) is 0 Å². The largest absolute Gasteiger partial charge is 0.330 e. The van der Waals surface area contributed by atoms with Gasteiger partial charge in [0.05, 0.1) is 11.0 Å². The minimum atomic E-state index is -0.809. The maximum atomic E-state index is 12.9. The molecule has 0 aromatic heterocycles. The van der Waals surface area contributed by atoms with Crippen LogP contribution in [0.4, 0.5) is 16.2 Å². The van der Waals surface area contributed by atoms with Crippen molar-refractivity contribution in [1.29, 1.82) is 0 Å². The van der Waals surface area contributed by atoms with Crippen LogP contribution in [0.2, 0.25) is 0 Å². The van der Waals surface area contributed by atoms with Gasteiger partial charge in [-0.05, 0) is 23.8 Å². The Balaban J connectivity index is 1.90. The lowest BCUT2D eigenvalue weighted by Gasteiger charge is -2.34. The van der Waals surface area contributed by atoms with Crippen LogP contribution in [-0.2, 0) is 4.79 Å². The predicted octanol–water partition coefficient (Wildman–Crippen LogP) is 3.48. The minimum Gasteiger partial charge on any atom is -0.330 e. The van der Waals surface area contributed by atoms with E-state index in [4.69, 9.17) is 0 Å². The van der Waals surface area contributed by atoms with E-state index in [2.05, 4.69) is 38.5 Å². The highest BCUT2D eigenvalue weighted by Crippen LogP contribution is 2.32. The van der Waals surface area contributed by atoms with Crippen molar-refractivity contribution in [3.63, 3.8) is 0 Å². The highest BCUT2D eigenvalue weighted by Gasteiger charge is 2.37. The fourth-order valence-corrected chi connectivity index (χ4v) is 3.31. The molecule has 0 unspecified atom stereocenters. The van der Waals surface area contributed by atoms with Gasteiger partial charge < -0.3 is 16.0 Å². The number of non-ortho nitro benzene ring substituents is 1. The molecule has 2 aromatic carbocycles. The van der Waals surface area contributed by atoms with E-state index < -0.39 is 28.8 Å². The van der Waals surface area contributed by atoms with Crippen LogP contribution in [0.5, 0.6) is 0 Å². The number of nitro groups is 1. The number of hydrogen-bond acceptors (Lipinski definition) is 4. The van der Waals surface area contributed by atoms with Crippen LogP contribution in [0, 0.1) is 16.0 Å². The lowest BCUT2D eigenvalue weighted by molar-refractivity contribution is -0.384. The summed E-state index contributed by atoms with van der Waals surface area (Å²) in [5, 5.41) is 18.8. The summed E-state index contributed by atoms with van der Waals surface area (Å²) < 4.78 is 0.802. The number of carbonyl (C=O) groups is 2. The standard InChI is InChI=1S/C18H15BrN4O4/c1-10-15(17(24)21-13-6-3-7-14(9-13)23(26)27)16(22-18(25)20-10)11-4-2-5-12(19)8-11/h2-9,15-16H,1H2,(H,21,24)(H2,20,22,25)/t15-,16-/m0/s1. The van der Waals surface area contributed by atoms with Crippen molar-refractivity contribution < 1.29 is 14.5 Å². The Bertz CT molecular complexity index is 946. The lowest BCUT2D eigenvalue weighted by atomic mass is 9.88. The number of nitrogens with zero attached hydrogens (tertiary/aromatic N) is 1. The summed E-state index contributed by atoms with van der Waals surface area (Å²) in [6.45, 7) is 3.80. The average Bonchev–Trinajstić information content (AvgIpc) is 2.61. The zero-order valence-electron chi connectivity index (χ0n) is 13.9. The van der Waals surface area contributed by atoms with Gasteiger partial charge in [-0.2, -0.15) is 0 Å². The first-order valence-corrected chi connectivity index (χ1v) is 8.71. The molecule has 1 fully saturated rings. The van der Waals surface area contributed by atoms with E-state index in [1.165, 1.54) is 18.2 Å². The Hall–Kier alpha value is -3.20. The summed E-state index contributed by atoms with van der Waals surface area (Å²) in [4.78, 5) is 35.2. The van der Waals surface area contributed by atoms with E-state index in [1.54, 1.807) is 24.3 Å². The number of amides is 3. The van der Waals surface area contributed by atoms with Crippen LogP contribution < -0.4 is 16.0 Å². The second-order valence-corrected chi connectivity index (χ2v) is 6.85. The third kappa shape index (κ3) is 4.14. The van der Waals surface area contributed by atoms with Crippen molar-refractivity contribution >= 4 is 39.2 Å². The Morgan fingerprint density at radius 1 is 1.22 bits per heavy atom. The third-order valence-corrected chi connectivity index (χ3v) is 4.58. The van der Waals surface area contributed by atoms with Gasteiger partial charge in [0, 0.05) is 28.0 Å². The molecular formula is C18H15BrN4O4. The first kappa shape index (κ1) is 18.6. The van der Waals surface area contributed by atoms with Crippen LogP contribution in [0.3, 0.4) is 0 Å². The predicted molar refractivity (Wildman–Crippen MR) is 103 cm³/mol. The highest BCUT2D eigenvalue weighted by molar-refractivity contribution is 9.10. The van der Waals surface area contributed by atoms with E-state index in [-0.39, 0.29) is 17.1 Å². The van der Waals surface area contributed by atoms with Crippen molar-refractivity contribution in [3.8, 4) is 0 Å². The molecule has 0 aliphatic carbocycles. The van der Waals surface area contributed by atoms with Gasteiger partial charge in [0.2, 0.25) is 5.91 Å². The minimum absolute atomic E-state index is 0.134. The van der Waals surface area contributed by atoms with E-state index in [1.807, 2.05) is 6.07 Å². The van der Waals surface area contributed by atoms with Gasteiger partial charge in [0.25, 0.3) is 5.69 Å². The van der Waals surface area contributed by atoms with Gasteiger partial charge in [-0.25, -0.2) is 4.79 Å². The van der Waals surface area contributed by atoms with Gasteiger partial charge in [-0.1, -0.05) is 40.7 Å². The number of halogens is 1. The van der Waals surface area contributed by atoms with Gasteiger partial charge in [-0.15, -0.1) is 0 Å². The maximum absolute atomic E-state index is 12.9. The van der Waals surface area contributed by atoms with Crippen molar-refractivity contribution in [2.75, 3.05) is 5.32 Å². The second-order valence-electron chi connectivity index (χ2n) is 5.93. The van der Waals surface area contributed by atoms with Gasteiger partial charge in [-0.3, -0.25) is 14.9 Å². The van der Waals surface area contributed by atoms with E-state index in [9.17, 15) is 19.7 Å². The van der Waals surface area contributed by atoms with Crippen LogP contribution in [0.1, 0.15) is 11.6 Å². The first-order chi connectivity index (χ1) is 12.8. The topological polar surface area (TPSA) is 113 Å². The fraction of sp³-hybridized carbons (Fsp3) is 0.111. The Morgan fingerprint density at radius 3 is 2.67 bits per heavy atom. The zero-order chi connectivity index (χ0) is 19.6. The number of rotatable bonds is 4. The summed E-state index contributed by atoms with van der Waals surface area (Å²) >= 11 is 3.38. The fourth-order valence-electron chi connectivity index (χ4n) is 2.89. The molecule has 2 aromatic rings. The molecule has 3 amide bonds. The number of nitrogens with one attached hydrogen (secondary N) is 3. The third-order valence-electron chi connectivity index (χ3n) is 4.08. The molecule has 3 N–H and O–H groups in total. The molecule has 1 heterocycles. The molecule has 27 heavy (non-hydrogen) atoms. The molecule has 138 valence electrons. The summed E-state index contributed by atoms with van der Waals surface area (Å²) in [5.74, 6) is -1.26. The Kier molecular flexibility index (Phi) is 5.22. The van der Waals surface area contributed by atoms with E-state index in [0.717, 1.165) is 10.0 Å². The van der Waals surface area contributed by atoms with Gasteiger partial charge in [0.1, 0.15) is 5.92 Å². The molecule has 9 heteroatoms. The Labute approximate surface area is 162 Å². The Morgan fingerprint density at radius 2 is 1.96 bits per heavy atom. The number of nitro benzene ring substituents is 1. The number of benzene rings is 2. The zero-order valence-corrected chi connectivity index (χ0v) is 15.5. The molecule has 0 radical (unpaired) electrons. The monoisotopic (exact) mass is 430 g/mol. The summed E-state index contributed by atoms with van der Waals surface area (Å²) in [5.41, 5.74) is 1.11. The number of anilines is 1. The molecule has 0 spiro atoms. The lowest BCUT2D eigenvalue weighted by Crippen LogP contribution is -2.51. The second kappa shape index (κ2) is 7.58. The van der Waals surface area contributed by atoms with Crippen LogP contribution in [0.25, 0.3) is 0 Å². The molecule has 1 aliphatic rings. The molecule has 3 rings (SSSR count). The van der Waals surface area contributed by atoms with Crippen LogP contribution in [-0.4, -0.2) is 16.9 Å². The summed E-state index contributed by atoms with van der Waals surface area (Å²) in [7, 11) is 0. The maximum Gasteiger partial charge on any atom is 0.319 e. The van der Waals surface area contributed by atoms with E-state index >= 15 is 0 Å². The SMILES string of the molecule is C=C1NC(=O)N[C@@H](c2cccc(Br)c2)[C@H]1C(=O)Nc1cccc([N+](=O)[O-])c1. The van der Waals surface area contributed by atoms with Crippen LogP contribution >= 0.6 is 15.9 Å². The molecule has 0 saturated carbocycles. The number of hydrogen-bond donors (Lipinski definition) is 3. The molecule has 2 atom stereocenters. The smallest absolute Gasteiger partial charge is 0.319 e. The molecule has 1 aliphatic heterocycles. The highest BCUT2D eigenvalue weighted by atomic mass is 79.9.